The summed E-state index contributed by atoms with van der Waals surface area (Å²) in [6.07, 6.45) is 3.45. The highest BCUT2D eigenvalue weighted by molar-refractivity contribution is 5.72. The van der Waals surface area contributed by atoms with Crippen LogP contribution in [0, 0.1) is 5.92 Å². The predicted octanol–water partition coefficient (Wildman–Crippen LogP) is 1.13. The molecule has 1 saturated heterocycles. The number of carboxylic acids is 1. The number of rotatable bonds is 7. The van der Waals surface area contributed by atoms with Crippen molar-refractivity contribution in [2.24, 2.45) is 5.92 Å². The van der Waals surface area contributed by atoms with Gasteiger partial charge in [0.1, 0.15) is 0 Å². The second-order valence-corrected chi connectivity index (χ2v) is 4.58. The average molecular weight is 243 g/mol. The maximum Gasteiger partial charge on any atom is 0.305 e. The second kappa shape index (κ2) is 7.27. The Morgan fingerprint density at radius 3 is 2.47 bits per heavy atom. The first kappa shape index (κ1) is 14.0. The van der Waals surface area contributed by atoms with E-state index >= 15 is 0 Å². The zero-order chi connectivity index (χ0) is 12.7. The van der Waals surface area contributed by atoms with Crippen LogP contribution >= 0.6 is 0 Å². The molecule has 1 heterocycles. The molecule has 0 aromatic carbocycles. The van der Waals surface area contributed by atoms with Gasteiger partial charge < -0.3 is 14.7 Å². The molecule has 1 aliphatic rings. The molecule has 1 rings (SSSR count). The molecule has 5 heteroatoms. The maximum atomic E-state index is 11.2. The first-order chi connectivity index (χ1) is 8.11. The van der Waals surface area contributed by atoms with Crippen molar-refractivity contribution in [2.45, 2.75) is 32.1 Å². The van der Waals surface area contributed by atoms with Gasteiger partial charge in [-0.1, -0.05) is 0 Å². The fourth-order valence-corrected chi connectivity index (χ4v) is 2.21. The Kier molecular flexibility index (Phi) is 5.97. The molecule has 0 radical (unpaired) electrons. The summed E-state index contributed by atoms with van der Waals surface area (Å²) >= 11 is 0. The first-order valence-electron chi connectivity index (χ1n) is 6.12. The highest BCUT2D eigenvalue weighted by Crippen LogP contribution is 2.17. The van der Waals surface area contributed by atoms with Crippen molar-refractivity contribution in [1.82, 2.24) is 4.90 Å². The van der Waals surface area contributed by atoms with Crippen LogP contribution in [-0.2, 0) is 14.3 Å². The molecule has 0 spiro atoms. The van der Waals surface area contributed by atoms with E-state index in [-0.39, 0.29) is 24.7 Å². The van der Waals surface area contributed by atoms with Crippen LogP contribution in [0.1, 0.15) is 32.1 Å². The molecule has 98 valence electrons. The van der Waals surface area contributed by atoms with E-state index in [1.807, 2.05) is 0 Å². The minimum absolute atomic E-state index is 0.0446. The lowest BCUT2D eigenvalue weighted by molar-refractivity contribution is -0.143. The number of carbonyl (C=O) groups excluding carboxylic acids is 1. The van der Waals surface area contributed by atoms with Crippen molar-refractivity contribution in [2.75, 3.05) is 26.7 Å². The molecule has 0 aromatic heterocycles. The molecule has 1 N–H and O–H groups in total. The maximum absolute atomic E-state index is 11.2. The van der Waals surface area contributed by atoms with Gasteiger partial charge in [-0.3, -0.25) is 9.59 Å². The Morgan fingerprint density at radius 2 is 1.94 bits per heavy atom. The molecule has 0 aromatic rings. The molecule has 0 amide bonds. The number of nitrogens with zero attached hydrogens (tertiary/aromatic N) is 1. The Bertz CT molecular complexity index is 261. The van der Waals surface area contributed by atoms with Crippen LogP contribution in [0.3, 0.4) is 0 Å². The lowest BCUT2D eigenvalue weighted by Crippen LogP contribution is -2.24. The van der Waals surface area contributed by atoms with Crippen molar-refractivity contribution in [1.29, 1.82) is 0 Å². The van der Waals surface area contributed by atoms with Crippen molar-refractivity contribution in [3.63, 3.8) is 0 Å². The van der Waals surface area contributed by atoms with E-state index in [0.29, 0.717) is 0 Å². The van der Waals surface area contributed by atoms with Gasteiger partial charge in [-0.05, 0) is 44.8 Å². The van der Waals surface area contributed by atoms with Crippen LogP contribution in [0.5, 0.6) is 0 Å². The molecule has 1 unspecified atom stereocenters. The SMILES string of the molecule is COC(=O)CC(CCN1CCCC1)CC(=O)O. The van der Waals surface area contributed by atoms with Gasteiger partial charge in [-0.15, -0.1) is 0 Å². The third kappa shape index (κ3) is 5.68. The molecule has 17 heavy (non-hydrogen) atoms. The Morgan fingerprint density at radius 1 is 1.29 bits per heavy atom. The highest BCUT2D eigenvalue weighted by Gasteiger charge is 2.20. The highest BCUT2D eigenvalue weighted by atomic mass is 16.5. The van der Waals surface area contributed by atoms with Crippen LogP contribution in [0.25, 0.3) is 0 Å². The molecular formula is C12H21NO4. The summed E-state index contributed by atoms with van der Waals surface area (Å²) in [5, 5.41) is 8.80. The van der Waals surface area contributed by atoms with E-state index < -0.39 is 5.97 Å². The monoisotopic (exact) mass is 243 g/mol. The number of likely N-dealkylation sites (tertiary alicyclic amines) is 1. The van der Waals surface area contributed by atoms with Gasteiger partial charge >= 0.3 is 11.9 Å². The minimum Gasteiger partial charge on any atom is -0.481 e. The number of esters is 1. The van der Waals surface area contributed by atoms with Gasteiger partial charge in [-0.2, -0.15) is 0 Å². The topological polar surface area (TPSA) is 66.8 Å². The fraction of sp³-hybridized carbons (Fsp3) is 0.833. The van der Waals surface area contributed by atoms with Gasteiger partial charge in [0.2, 0.25) is 0 Å². The number of aliphatic carboxylic acids is 1. The Hall–Kier alpha value is -1.10. The zero-order valence-corrected chi connectivity index (χ0v) is 10.4. The lowest BCUT2D eigenvalue weighted by atomic mass is 9.97. The van der Waals surface area contributed by atoms with Crippen molar-refractivity contribution < 1.29 is 19.4 Å². The van der Waals surface area contributed by atoms with Gasteiger partial charge in [0.15, 0.2) is 0 Å². The summed E-state index contributed by atoms with van der Waals surface area (Å²) in [7, 11) is 1.33. The standard InChI is InChI=1S/C12H21NO4/c1-17-12(16)9-10(8-11(14)15)4-7-13-5-2-3-6-13/h10H,2-9H2,1H3,(H,14,15). The van der Waals surface area contributed by atoms with E-state index in [4.69, 9.17) is 5.11 Å². The smallest absolute Gasteiger partial charge is 0.305 e. The molecule has 5 nitrogen and oxygen atoms in total. The second-order valence-electron chi connectivity index (χ2n) is 4.58. The van der Waals surface area contributed by atoms with E-state index in [0.717, 1.165) is 26.1 Å². The van der Waals surface area contributed by atoms with Crippen molar-refractivity contribution >= 4 is 11.9 Å². The third-order valence-electron chi connectivity index (χ3n) is 3.20. The lowest BCUT2D eigenvalue weighted by Gasteiger charge is -2.19. The van der Waals surface area contributed by atoms with Crippen LogP contribution in [-0.4, -0.2) is 48.7 Å². The van der Waals surface area contributed by atoms with Gasteiger partial charge in [-0.25, -0.2) is 0 Å². The molecule has 0 bridgehead atoms. The summed E-state index contributed by atoms with van der Waals surface area (Å²) in [5.74, 6) is -1.28. The summed E-state index contributed by atoms with van der Waals surface area (Å²) in [4.78, 5) is 24.2. The molecule has 1 fully saturated rings. The quantitative estimate of drug-likeness (QED) is 0.679. The Labute approximate surface area is 102 Å². The summed E-state index contributed by atoms with van der Waals surface area (Å²) in [6, 6.07) is 0. The average Bonchev–Trinajstić information content (AvgIpc) is 2.77. The number of carboxylic acid groups (broad SMARTS) is 1. The normalized spacial score (nSPS) is 17.9. The summed E-state index contributed by atoms with van der Waals surface area (Å²) in [6.45, 7) is 3.07. The Balaban J connectivity index is 2.33. The molecule has 1 aliphatic heterocycles. The van der Waals surface area contributed by atoms with Gasteiger partial charge in [0.05, 0.1) is 7.11 Å². The molecule has 0 saturated carbocycles. The van der Waals surface area contributed by atoms with Crippen LogP contribution < -0.4 is 0 Å². The number of carbonyl (C=O) groups is 2. The van der Waals surface area contributed by atoms with E-state index in [1.165, 1.54) is 20.0 Å². The predicted molar refractivity (Wildman–Crippen MR) is 62.7 cm³/mol. The van der Waals surface area contributed by atoms with E-state index in [2.05, 4.69) is 9.64 Å². The van der Waals surface area contributed by atoms with Gasteiger partial charge in [0, 0.05) is 12.8 Å². The van der Waals surface area contributed by atoms with Crippen LogP contribution in [0.15, 0.2) is 0 Å². The van der Waals surface area contributed by atoms with Crippen LogP contribution in [0.4, 0.5) is 0 Å². The third-order valence-corrected chi connectivity index (χ3v) is 3.20. The zero-order valence-electron chi connectivity index (χ0n) is 10.4. The van der Waals surface area contributed by atoms with Gasteiger partial charge in [0.25, 0.3) is 0 Å². The summed E-state index contributed by atoms with van der Waals surface area (Å²) in [5.41, 5.74) is 0. The largest absolute Gasteiger partial charge is 0.481 e. The molecule has 1 atom stereocenters. The van der Waals surface area contributed by atoms with Crippen LogP contribution in [0.2, 0.25) is 0 Å². The summed E-state index contributed by atoms with van der Waals surface area (Å²) < 4.78 is 4.59. The number of methoxy groups -OCH3 is 1. The number of hydrogen-bond acceptors (Lipinski definition) is 4. The molecular weight excluding hydrogens is 222 g/mol. The van der Waals surface area contributed by atoms with E-state index in [1.54, 1.807) is 0 Å². The van der Waals surface area contributed by atoms with Crippen molar-refractivity contribution in [3.05, 3.63) is 0 Å². The van der Waals surface area contributed by atoms with Crippen molar-refractivity contribution in [3.8, 4) is 0 Å². The molecule has 0 aliphatic carbocycles. The van der Waals surface area contributed by atoms with E-state index in [9.17, 15) is 9.59 Å². The minimum atomic E-state index is -0.847. The fourth-order valence-electron chi connectivity index (χ4n) is 2.21. The number of hydrogen-bond donors (Lipinski definition) is 1. The number of ether oxygens (including phenoxy) is 1. The first-order valence-corrected chi connectivity index (χ1v) is 6.12.